The molecule has 1 N–H and O–H groups in total. The van der Waals surface area contributed by atoms with E-state index in [1.54, 1.807) is 0 Å². The van der Waals surface area contributed by atoms with Crippen molar-refractivity contribution in [3.8, 4) is 0 Å². The van der Waals surface area contributed by atoms with Gasteiger partial charge in [-0.2, -0.15) is 4.37 Å². The summed E-state index contributed by atoms with van der Waals surface area (Å²) in [4.78, 5) is 19.1. The fraction of sp³-hybridized carbons (Fsp3) is 0.571. The van der Waals surface area contributed by atoms with Crippen molar-refractivity contribution >= 4 is 22.6 Å². The number of amides is 1. The highest BCUT2D eigenvalue weighted by Crippen LogP contribution is 2.20. The monoisotopic (exact) mass is 388 g/mol. The van der Waals surface area contributed by atoms with Crippen LogP contribution in [-0.4, -0.2) is 34.4 Å². The second-order valence-electron chi connectivity index (χ2n) is 7.62. The summed E-state index contributed by atoms with van der Waals surface area (Å²) < 4.78 is 4.54. The smallest absolute Gasteiger partial charge is 0.221 e. The number of aromatic nitrogens is 2. The van der Waals surface area contributed by atoms with Gasteiger partial charge < -0.3 is 10.2 Å². The van der Waals surface area contributed by atoms with Crippen LogP contribution in [0.4, 0.5) is 5.13 Å². The van der Waals surface area contributed by atoms with Crippen LogP contribution >= 0.6 is 11.5 Å². The van der Waals surface area contributed by atoms with Crippen LogP contribution in [0.25, 0.3) is 0 Å². The molecule has 0 aliphatic rings. The van der Waals surface area contributed by atoms with E-state index in [1.807, 2.05) is 6.92 Å². The Kier molecular flexibility index (Phi) is 8.23. The van der Waals surface area contributed by atoms with Crippen LogP contribution in [0.5, 0.6) is 0 Å². The Hall–Kier alpha value is -1.95. The Morgan fingerprint density at radius 3 is 2.56 bits per heavy atom. The highest BCUT2D eigenvalue weighted by Gasteiger charge is 2.16. The van der Waals surface area contributed by atoms with Crippen molar-refractivity contribution in [2.45, 2.75) is 59.9 Å². The highest BCUT2D eigenvalue weighted by molar-refractivity contribution is 7.09. The van der Waals surface area contributed by atoms with Gasteiger partial charge in [-0.05, 0) is 31.7 Å². The van der Waals surface area contributed by atoms with Gasteiger partial charge in [0, 0.05) is 43.5 Å². The van der Waals surface area contributed by atoms with E-state index in [0.717, 1.165) is 30.3 Å². The van der Waals surface area contributed by atoms with Crippen LogP contribution in [0.15, 0.2) is 24.3 Å². The fourth-order valence-electron chi connectivity index (χ4n) is 2.72. The predicted molar refractivity (Wildman–Crippen MR) is 113 cm³/mol. The van der Waals surface area contributed by atoms with Crippen LogP contribution in [-0.2, 0) is 11.2 Å². The molecule has 1 amide bonds. The number of nitrogens with zero attached hydrogens (tertiary/aromatic N) is 3. The molecule has 6 heteroatoms. The van der Waals surface area contributed by atoms with Gasteiger partial charge in [0.15, 0.2) is 0 Å². The maximum Gasteiger partial charge on any atom is 0.221 e. The minimum absolute atomic E-state index is 0.0995. The molecule has 1 aromatic carbocycles. The standard InChI is InChI=1S/C21H32N4OS/c1-6-17(5)22-20(26)11-12-25(14-15(2)3)21-23-19(24-27-21)13-18-9-7-16(4)8-10-18/h7-10,15,17H,6,11-14H2,1-5H3,(H,22,26)/t17-/m0/s1. The molecule has 1 atom stereocenters. The highest BCUT2D eigenvalue weighted by atomic mass is 32.1. The van der Waals surface area contributed by atoms with Crippen LogP contribution in [0.3, 0.4) is 0 Å². The van der Waals surface area contributed by atoms with Gasteiger partial charge in [0.2, 0.25) is 11.0 Å². The molecule has 0 fully saturated rings. The van der Waals surface area contributed by atoms with Gasteiger partial charge in [-0.15, -0.1) is 0 Å². The molecule has 5 nitrogen and oxygen atoms in total. The molecule has 0 saturated heterocycles. The fourth-order valence-corrected chi connectivity index (χ4v) is 3.44. The number of hydrogen-bond donors (Lipinski definition) is 1. The average molecular weight is 389 g/mol. The largest absolute Gasteiger partial charge is 0.354 e. The molecule has 0 saturated carbocycles. The van der Waals surface area contributed by atoms with Gasteiger partial charge in [0.1, 0.15) is 5.82 Å². The molecule has 1 aromatic heterocycles. The summed E-state index contributed by atoms with van der Waals surface area (Å²) in [5.74, 6) is 1.44. The molecule has 2 aromatic rings. The van der Waals surface area contributed by atoms with E-state index in [0.29, 0.717) is 18.9 Å². The lowest BCUT2D eigenvalue weighted by molar-refractivity contribution is -0.121. The Balaban J connectivity index is 2.00. The van der Waals surface area contributed by atoms with Gasteiger partial charge in [-0.1, -0.05) is 50.6 Å². The Morgan fingerprint density at radius 1 is 1.22 bits per heavy atom. The third kappa shape index (κ3) is 7.29. The first-order valence-electron chi connectivity index (χ1n) is 9.79. The van der Waals surface area contributed by atoms with Crippen molar-refractivity contribution in [2.75, 3.05) is 18.0 Å². The van der Waals surface area contributed by atoms with Crippen LogP contribution in [0.2, 0.25) is 0 Å². The normalized spacial score (nSPS) is 12.2. The molecule has 0 radical (unpaired) electrons. The number of nitrogens with one attached hydrogen (secondary N) is 1. The minimum atomic E-state index is 0.0995. The van der Waals surface area contributed by atoms with Gasteiger partial charge >= 0.3 is 0 Å². The van der Waals surface area contributed by atoms with Gasteiger partial charge in [0.25, 0.3) is 0 Å². The van der Waals surface area contributed by atoms with E-state index in [2.05, 4.69) is 66.6 Å². The summed E-state index contributed by atoms with van der Waals surface area (Å²) in [7, 11) is 0. The van der Waals surface area contributed by atoms with Gasteiger partial charge in [0.05, 0.1) is 0 Å². The van der Waals surface area contributed by atoms with Crippen molar-refractivity contribution in [2.24, 2.45) is 5.92 Å². The lowest BCUT2D eigenvalue weighted by Crippen LogP contribution is -2.36. The summed E-state index contributed by atoms with van der Waals surface area (Å²) in [5, 5.41) is 3.94. The topological polar surface area (TPSA) is 58.1 Å². The molecular weight excluding hydrogens is 356 g/mol. The van der Waals surface area contributed by atoms with Crippen molar-refractivity contribution in [1.82, 2.24) is 14.7 Å². The van der Waals surface area contributed by atoms with Crippen molar-refractivity contribution in [3.05, 3.63) is 41.2 Å². The maximum atomic E-state index is 12.1. The second-order valence-corrected chi connectivity index (χ2v) is 8.35. The zero-order valence-corrected chi connectivity index (χ0v) is 18.0. The second kappa shape index (κ2) is 10.4. The molecule has 27 heavy (non-hydrogen) atoms. The maximum absolute atomic E-state index is 12.1. The zero-order valence-electron chi connectivity index (χ0n) is 17.2. The third-order valence-electron chi connectivity index (χ3n) is 4.42. The van der Waals surface area contributed by atoms with E-state index in [4.69, 9.17) is 4.98 Å². The third-order valence-corrected chi connectivity index (χ3v) is 5.24. The SMILES string of the molecule is CC[C@H](C)NC(=O)CCN(CC(C)C)c1nc(Cc2ccc(C)cc2)ns1. The van der Waals surface area contributed by atoms with E-state index < -0.39 is 0 Å². The van der Waals surface area contributed by atoms with Crippen LogP contribution in [0.1, 0.15) is 57.5 Å². The summed E-state index contributed by atoms with van der Waals surface area (Å²) >= 11 is 1.43. The number of aryl methyl sites for hydroxylation is 1. The Bertz CT molecular complexity index is 711. The molecule has 0 aliphatic carbocycles. The quantitative estimate of drug-likeness (QED) is 0.662. The minimum Gasteiger partial charge on any atom is -0.354 e. The summed E-state index contributed by atoms with van der Waals surface area (Å²) in [6.07, 6.45) is 2.16. The Labute approximate surface area is 167 Å². The van der Waals surface area contributed by atoms with Crippen LogP contribution in [0, 0.1) is 12.8 Å². The van der Waals surface area contributed by atoms with Crippen LogP contribution < -0.4 is 10.2 Å². The number of carbonyl (C=O) groups excluding carboxylic acids is 1. The molecule has 0 bridgehead atoms. The zero-order chi connectivity index (χ0) is 19.8. The lowest BCUT2D eigenvalue weighted by atomic mass is 10.1. The van der Waals surface area contributed by atoms with Gasteiger partial charge in [-0.25, -0.2) is 4.98 Å². The van der Waals surface area contributed by atoms with Crippen molar-refractivity contribution in [1.29, 1.82) is 0 Å². The molecule has 0 aliphatic heterocycles. The Morgan fingerprint density at radius 2 is 1.93 bits per heavy atom. The number of rotatable bonds is 10. The molecule has 2 rings (SSSR count). The van der Waals surface area contributed by atoms with Crippen molar-refractivity contribution in [3.63, 3.8) is 0 Å². The molecular formula is C21H32N4OS. The first-order valence-corrected chi connectivity index (χ1v) is 10.6. The summed E-state index contributed by atoms with van der Waals surface area (Å²) in [6.45, 7) is 12.1. The lowest BCUT2D eigenvalue weighted by Gasteiger charge is -2.23. The summed E-state index contributed by atoms with van der Waals surface area (Å²) in [6, 6.07) is 8.70. The van der Waals surface area contributed by atoms with E-state index >= 15 is 0 Å². The first-order chi connectivity index (χ1) is 12.9. The van der Waals surface area contributed by atoms with E-state index in [-0.39, 0.29) is 11.9 Å². The van der Waals surface area contributed by atoms with Gasteiger partial charge in [-0.3, -0.25) is 4.79 Å². The average Bonchev–Trinajstić information content (AvgIpc) is 3.08. The van der Waals surface area contributed by atoms with E-state index in [9.17, 15) is 4.79 Å². The number of anilines is 1. The summed E-state index contributed by atoms with van der Waals surface area (Å²) in [5.41, 5.74) is 2.47. The number of benzene rings is 1. The number of carbonyl (C=O) groups is 1. The first kappa shape index (κ1) is 21.4. The predicted octanol–water partition coefficient (Wildman–Crippen LogP) is 4.20. The molecule has 0 unspecified atom stereocenters. The molecule has 1 heterocycles. The van der Waals surface area contributed by atoms with Crippen molar-refractivity contribution < 1.29 is 4.79 Å². The number of hydrogen-bond acceptors (Lipinski definition) is 5. The van der Waals surface area contributed by atoms with E-state index in [1.165, 1.54) is 22.7 Å². The molecule has 148 valence electrons. The molecule has 0 spiro atoms.